The van der Waals surface area contributed by atoms with Crippen LogP contribution in [0.5, 0.6) is 11.5 Å². The zero-order valence-electron chi connectivity index (χ0n) is 16.3. The third kappa shape index (κ3) is 5.62. The van der Waals surface area contributed by atoms with Gasteiger partial charge in [-0.15, -0.1) is 0 Å². The largest absolute Gasteiger partial charge is 0.493 e. The summed E-state index contributed by atoms with van der Waals surface area (Å²) in [5.41, 5.74) is -0.721. The van der Waals surface area contributed by atoms with Crippen molar-refractivity contribution in [1.29, 1.82) is 0 Å². The van der Waals surface area contributed by atoms with Gasteiger partial charge in [0.1, 0.15) is 23.2 Å². The molecule has 0 aliphatic heterocycles. The van der Waals surface area contributed by atoms with Gasteiger partial charge in [0.05, 0.1) is 7.11 Å². The second-order valence-electron chi connectivity index (χ2n) is 6.53. The van der Waals surface area contributed by atoms with Gasteiger partial charge in [0.25, 0.3) is 5.91 Å². The minimum Gasteiger partial charge on any atom is -0.493 e. The number of rotatable bonds is 8. The lowest BCUT2D eigenvalue weighted by Crippen LogP contribution is -2.47. The van der Waals surface area contributed by atoms with Crippen LogP contribution in [-0.4, -0.2) is 31.6 Å². The monoisotopic (exact) mass is 428 g/mol. The summed E-state index contributed by atoms with van der Waals surface area (Å²) in [6, 6.07) is 5.60. The number of halogens is 4. The first-order valence-electron chi connectivity index (χ1n) is 8.82. The minimum atomic E-state index is -3.11. The van der Waals surface area contributed by atoms with Crippen LogP contribution in [-0.2, 0) is 4.79 Å². The van der Waals surface area contributed by atoms with Crippen LogP contribution in [0, 0.1) is 17.6 Å². The molecule has 2 aromatic carbocycles. The molecule has 0 bridgehead atoms. The highest BCUT2D eigenvalue weighted by atomic mass is 19.3. The predicted octanol–water partition coefficient (Wildman–Crippen LogP) is 3.97. The van der Waals surface area contributed by atoms with Gasteiger partial charge in [0.2, 0.25) is 5.91 Å². The number of amides is 2. The molecule has 2 amide bonds. The van der Waals surface area contributed by atoms with Crippen LogP contribution in [0.3, 0.4) is 0 Å². The highest BCUT2D eigenvalue weighted by Crippen LogP contribution is 2.31. The summed E-state index contributed by atoms with van der Waals surface area (Å²) in [6.45, 7) is 0.117. The van der Waals surface area contributed by atoms with Gasteiger partial charge in [0.15, 0.2) is 11.5 Å². The lowest BCUT2D eigenvalue weighted by atomic mass is 10.0. The molecule has 162 valence electrons. The van der Waals surface area contributed by atoms with E-state index in [1.807, 2.05) is 0 Å². The molecule has 0 saturated carbocycles. The zero-order chi connectivity index (χ0) is 22.4. The molecule has 0 aliphatic rings. The van der Waals surface area contributed by atoms with Crippen LogP contribution in [0.15, 0.2) is 36.4 Å². The molecule has 0 fully saturated rings. The number of anilines is 1. The predicted molar refractivity (Wildman–Crippen MR) is 101 cm³/mol. The molecule has 6 nitrogen and oxygen atoms in total. The van der Waals surface area contributed by atoms with Crippen molar-refractivity contribution in [2.75, 3.05) is 12.4 Å². The number of nitrogens with one attached hydrogen (secondary N) is 2. The first kappa shape index (κ1) is 23.0. The standard InChI is InChI=1S/C20H20F4N2O4/c1-10(2)17(26-18(27)16-12(21)5-4-6-13(16)22)19(28)25-11-7-8-14(29-3)15(9-11)30-20(23)24/h4-10,17,20H,1-3H3,(H,25,28)(H,26,27). The number of hydrogen-bond donors (Lipinski definition) is 2. The molecule has 2 rings (SSSR count). The van der Waals surface area contributed by atoms with E-state index in [2.05, 4.69) is 15.4 Å². The minimum absolute atomic E-state index is 0.0250. The van der Waals surface area contributed by atoms with Gasteiger partial charge in [-0.3, -0.25) is 9.59 Å². The summed E-state index contributed by atoms with van der Waals surface area (Å²) in [5.74, 6) is -4.70. The highest BCUT2D eigenvalue weighted by Gasteiger charge is 2.27. The Balaban J connectivity index is 2.21. The summed E-state index contributed by atoms with van der Waals surface area (Å²) in [4.78, 5) is 25.0. The van der Waals surface area contributed by atoms with Gasteiger partial charge in [-0.25, -0.2) is 8.78 Å². The third-order valence-corrected chi connectivity index (χ3v) is 4.07. The molecule has 0 saturated heterocycles. The third-order valence-electron chi connectivity index (χ3n) is 4.07. The Morgan fingerprint density at radius 3 is 2.17 bits per heavy atom. The molecule has 0 spiro atoms. The molecular weight excluding hydrogens is 408 g/mol. The van der Waals surface area contributed by atoms with E-state index in [1.165, 1.54) is 19.2 Å². The Kier molecular flexibility index (Phi) is 7.62. The first-order valence-corrected chi connectivity index (χ1v) is 8.82. The molecule has 0 heterocycles. The first-order chi connectivity index (χ1) is 14.1. The number of methoxy groups -OCH3 is 1. The maximum atomic E-state index is 13.8. The Bertz CT molecular complexity index is 901. The Morgan fingerprint density at radius 1 is 1.00 bits per heavy atom. The van der Waals surface area contributed by atoms with Crippen LogP contribution in [0.2, 0.25) is 0 Å². The Hall–Kier alpha value is -3.30. The van der Waals surface area contributed by atoms with Gasteiger partial charge in [-0.05, 0) is 30.2 Å². The van der Waals surface area contributed by atoms with Crippen LogP contribution in [0.1, 0.15) is 24.2 Å². The van der Waals surface area contributed by atoms with Crippen molar-refractivity contribution in [1.82, 2.24) is 5.32 Å². The second-order valence-corrected chi connectivity index (χ2v) is 6.53. The van der Waals surface area contributed by atoms with Crippen LogP contribution >= 0.6 is 0 Å². The van der Waals surface area contributed by atoms with Gasteiger partial charge >= 0.3 is 6.61 Å². The van der Waals surface area contributed by atoms with E-state index >= 15 is 0 Å². The Labute approximate surface area is 170 Å². The highest BCUT2D eigenvalue weighted by molar-refractivity contribution is 6.01. The van der Waals surface area contributed by atoms with Crippen molar-refractivity contribution in [3.8, 4) is 11.5 Å². The van der Waals surface area contributed by atoms with Crippen LogP contribution in [0.25, 0.3) is 0 Å². The number of hydrogen-bond acceptors (Lipinski definition) is 4. The van der Waals surface area contributed by atoms with Crippen molar-refractivity contribution < 1.29 is 36.6 Å². The van der Waals surface area contributed by atoms with E-state index in [4.69, 9.17) is 4.74 Å². The molecule has 0 aromatic heterocycles. The van der Waals surface area contributed by atoms with Crippen LogP contribution in [0.4, 0.5) is 23.2 Å². The fourth-order valence-electron chi connectivity index (χ4n) is 2.63. The number of benzene rings is 2. The number of ether oxygens (including phenoxy) is 2. The van der Waals surface area contributed by atoms with E-state index in [-0.39, 0.29) is 17.2 Å². The molecule has 1 atom stereocenters. The summed E-state index contributed by atoms with van der Waals surface area (Å²) < 4.78 is 62.1. The average Bonchev–Trinajstić information content (AvgIpc) is 2.65. The number of alkyl halides is 2. The summed E-state index contributed by atoms with van der Waals surface area (Å²) in [6.07, 6.45) is 0. The fourth-order valence-corrected chi connectivity index (χ4v) is 2.63. The van der Waals surface area contributed by atoms with Crippen molar-refractivity contribution >= 4 is 17.5 Å². The van der Waals surface area contributed by atoms with Gasteiger partial charge in [-0.1, -0.05) is 19.9 Å². The topological polar surface area (TPSA) is 76.7 Å². The zero-order valence-corrected chi connectivity index (χ0v) is 16.3. The fraction of sp³-hybridized carbons (Fsp3) is 0.300. The van der Waals surface area contributed by atoms with Crippen molar-refractivity contribution in [2.45, 2.75) is 26.5 Å². The lowest BCUT2D eigenvalue weighted by Gasteiger charge is -2.22. The van der Waals surface area contributed by atoms with Crippen LogP contribution < -0.4 is 20.1 Å². The normalized spacial score (nSPS) is 11.9. The molecule has 0 radical (unpaired) electrons. The van der Waals surface area contributed by atoms with Gasteiger partial charge in [-0.2, -0.15) is 8.78 Å². The molecule has 30 heavy (non-hydrogen) atoms. The molecule has 0 aliphatic carbocycles. The molecule has 10 heteroatoms. The summed E-state index contributed by atoms with van der Waals surface area (Å²) in [7, 11) is 1.26. The average molecular weight is 428 g/mol. The number of carbonyl (C=O) groups is 2. The van der Waals surface area contributed by atoms with Crippen molar-refractivity contribution in [2.24, 2.45) is 5.92 Å². The van der Waals surface area contributed by atoms with Gasteiger partial charge in [0, 0.05) is 11.8 Å². The second kappa shape index (κ2) is 9.95. The lowest BCUT2D eigenvalue weighted by molar-refractivity contribution is -0.118. The summed E-state index contributed by atoms with van der Waals surface area (Å²) in [5, 5.41) is 4.75. The van der Waals surface area contributed by atoms with Crippen molar-refractivity contribution in [3.05, 3.63) is 53.6 Å². The molecular formula is C20H20F4N2O4. The molecule has 2 N–H and O–H groups in total. The van der Waals surface area contributed by atoms with E-state index in [0.717, 1.165) is 24.3 Å². The molecule has 1 unspecified atom stereocenters. The van der Waals surface area contributed by atoms with E-state index in [0.29, 0.717) is 0 Å². The smallest absolute Gasteiger partial charge is 0.387 e. The van der Waals surface area contributed by atoms with E-state index in [9.17, 15) is 27.2 Å². The Morgan fingerprint density at radius 2 is 1.63 bits per heavy atom. The van der Waals surface area contributed by atoms with Crippen molar-refractivity contribution in [3.63, 3.8) is 0 Å². The molecule has 2 aromatic rings. The quantitative estimate of drug-likeness (QED) is 0.624. The van der Waals surface area contributed by atoms with E-state index in [1.54, 1.807) is 13.8 Å². The SMILES string of the molecule is COc1ccc(NC(=O)C(NC(=O)c2c(F)cccc2F)C(C)C)cc1OC(F)F. The maximum absolute atomic E-state index is 13.8. The van der Waals surface area contributed by atoms with E-state index < -0.39 is 47.6 Å². The maximum Gasteiger partial charge on any atom is 0.387 e. The summed E-state index contributed by atoms with van der Waals surface area (Å²) >= 11 is 0. The number of carbonyl (C=O) groups excluding carboxylic acids is 2. The van der Waals surface area contributed by atoms with Gasteiger partial charge < -0.3 is 20.1 Å².